The summed E-state index contributed by atoms with van der Waals surface area (Å²) >= 11 is 0. The molecule has 4 rings (SSSR count). The van der Waals surface area contributed by atoms with Crippen LogP contribution in [0.4, 0.5) is 0 Å². The lowest BCUT2D eigenvalue weighted by molar-refractivity contribution is -0.153. The SMILES string of the molecule is CC(C)OC(=O)C1CCN(C(=O)c2ccc(C(=O)C=Cc3cnc4ccccc4n3)cc2)CC1. The number of piperidine rings is 1. The van der Waals surface area contributed by atoms with Gasteiger partial charge in [0.2, 0.25) is 0 Å². The van der Waals surface area contributed by atoms with E-state index >= 15 is 0 Å². The number of rotatable bonds is 6. The minimum absolute atomic E-state index is 0.100. The molecule has 7 heteroatoms. The summed E-state index contributed by atoms with van der Waals surface area (Å²) in [6.45, 7) is 4.68. The highest BCUT2D eigenvalue weighted by molar-refractivity contribution is 6.07. The maximum atomic E-state index is 12.8. The van der Waals surface area contributed by atoms with Crippen molar-refractivity contribution in [3.05, 3.63) is 77.6 Å². The Morgan fingerprint density at radius 2 is 1.62 bits per heavy atom. The number of hydrogen-bond donors (Lipinski definition) is 0. The molecule has 0 saturated carbocycles. The van der Waals surface area contributed by atoms with Crippen LogP contribution in [-0.2, 0) is 9.53 Å². The van der Waals surface area contributed by atoms with Gasteiger partial charge in [0.1, 0.15) is 0 Å². The first kappa shape index (κ1) is 23.3. The van der Waals surface area contributed by atoms with E-state index in [1.807, 2.05) is 38.1 Å². The second-order valence-corrected chi connectivity index (χ2v) is 8.61. The molecule has 1 aliphatic heterocycles. The molecule has 1 saturated heterocycles. The lowest BCUT2D eigenvalue weighted by Gasteiger charge is -2.31. The predicted molar refractivity (Wildman–Crippen MR) is 129 cm³/mol. The van der Waals surface area contributed by atoms with E-state index in [-0.39, 0.29) is 29.7 Å². The van der Waals surface area contributed by atoms with E-state index < -0.39 is 0 Å². The second-order valence-electron chi connectivity index (χ2n) is 8.61. The molecule has 3 aromatic rings. The fourth-order valence-electron chi connectivity index (χ4n) is 3.92. The first-order valence-electron chi connectivity index (χ1n) is 11.4. The van der Waals surface area contributed by atoms with Crippen LogP contribution < -0.4 is 0 Å². The Morgan fingerprint density at radius 1 is 0.971 bits per heavy atom. The van der Waals surface area contributed by atoms with E-state index in [0.29, 0.717) is 42.8 Å². The summed E-state index contributed by atoms with van der Waals surface area (Å²) in [5, 5.41) is 0. The number of ketones is 1. The fourth-order valence-corrected chi connectivity index (χ4v) is 3.92. The van der Waals surface area contributed by atoms with E-state index in [2.05, 4.69) is 9.97 Å². The van der Waals surface area contributed by atoms with Gasteiger partial charge in [-0.15, -0.1) is 0 Å². The van der Waals surface area contributed by atoms with Crippen LogP contribution in [0.1, 0.15) is 53.1 Å². The molecule has 1 aliphatic rings. The van der Waals surface area contributed by atoms with Gasteiger partial charge in [-0.2, -0.15) is 0 Å². The van der Waals surface area contributed by atoms with Crippen molar-refractivity contribution in [2.45, 2.75) is 32.8 Å². The van der Waals surface area contributed by atoms with Crippen molar-refractivity contribution in [3.63, 3.8) is 0 Å². The van der Waals surface area contributed by atoms with Crippen molar-refractivity contribution in [3.8, 4) is 0 Å². The van der Waals surface area contributed by atoms with Gasteiger partial charge < -0.3 is 9.64 Å². The number of aromatic nitrogens is 2. The van der Waals surface area contributed by atoms with Crippen LogP contribution in [0, 0.1) is 5.92 Å². The van der Waals surface area contributed by atoms with Crippen molar-refractivity contribution in [1.29, 1.82) is 0 Å². The number of hydrogen-bond acceptors (Lipinski definition) is 6. The molecule has 0 bridgehead atoms. The third kappa shape index (κ3) is 5.54. The average molecular weight is 458 g/mol. The topological polar surface area (TPSA) is 89.5 Å². The fraction of sp³-hybridized carbons (Fsp3) is 0.296. The van der Waals surface area contributed by atoms with E-state index in [1.54, 1.807) is 41.4 Å². The molecule has 2 aromatic carbocycles. The predicted octanol–water partition coefficient (Wildman–Crippen LogP) is 4.33. The molecular formula is C27H27N3O4. The highest BCUT2D eigenvalue weighted by Crippen LogP contribution is 2.21. The molecule has 0 aliphatic carbocycles. The molecule has 1 amide bonds. The average Bonchev–Trinajstić information content (AvgIpc) is 2.86. The maximum absolute atomic E-state index is 12.8. The van der Waals surface area contributed by atoms with Crippen molar-refractivity contribution in [1.82, 2.24) is 14.9 Å². The normalized spacial score (nSPS) is 14.6. The molecule has 174 valence electrons. The van der Waals surface area contributed by atoms with Gasteiger partial charge in [-0.3, -0.25) is 19.4 Å². The number of carbonyl (C=O) groups is 3. The van der Waals surface area contributed by atoms with Gasteiger partial charge in [0, 0.05) is 24.2 Å². The first-order chi connectivity index (χ1) is 16.4. The van der Waals surface area contributed by atoms with Crippen molar-refractivity contribution < 1.29 is 19.1 Å². The molecule has 0 N–H and O–H groups in total. The van der Waals surface area contributed by atoms with Gasteiger partial charge in [0.15, 0.2) is 5.78 Å². The zero-order valence-corrected chi connectivity index (χ0v) is 19.3. The summed E-state index contributed by atoms with van der Waals surface area (Å²) in [4.78, 5) is 48.1. The van der Waals surface area contributed by atoms with Crippen LogP contribution in [0.2, 0.25) is 0 Å². The zero-order chi connectivity index (χ0) is 24.1. The highest BCUT2D eigenvalue weighted by Gasteiger charge is 2.29. The molecule has 7 nitrogen and oxygen atoms in total. The Kier molecular flexibility index (Phi) is 7.11. The number of allylic oxidation sites excluding steroid dienone is 1. The molecule has 1 fully saturated rings. The number of esters is 1. The number of amides is 1. The minimum Gasteiger partial charge on any atom is -0.463 e. The second kappa shape index (κ2) is 10.4. The summed E-state index contributed by atoms with van der Waals surface area (Å²) in [5.41, 5.74) is 3.16. The monoisotopic (exact) mass is 457 g/mol. The Balaban J connectivity index is 1.35. The number of para-hydroxylation sites is 2. The molecule has 0 atom stereocenters. The van der Waals surface area contributed by atoms with Crippen LogP contribution in [-0.4, -0.2) is 51.7 Å². The minimum atomic E-state index is -0.187. The molecule has 0 radical (unpaired) electrons. The van der Waals surface area contributed by atoms with Gasteiger partial charge >= 0.3 is 5.97 Å². The number of nitrogens with zero attached hydrogens (tertiary/aromatic N) is 3. The quantitative estimate of drug-likeness (QED) is 0.311. The van der Waals surface area contributed by atoms with Crippen molar-refractivity contribution >= 4 is 34.8 Å². The van der Waals surface area contributed by atoms with Gasteiger partial charge in [-0.25, -0.2) is 4.98 Å². The molecule has 34 heavy (non-hydrogen) atoms. The molecule has 0 spiro atoms. The van der Waals surface area contributed by atoms with Gasteiger partial charge in [0.05, 0.1) is 34.9 Å². The smallest absolute Gasteiger partial charge is 0.309 e. The number of likely N-dealkylation sites (tertiary alicyclic amines) is 1. The van der Waals surface area contributed by atoms with E-state index in [4.69, 9.17) is 4.74 Å². The largest absolute Gasteiger partial charge is 0.463 e. The highest BCUT2D eigenvalue weighted by atomic mass is 16.5. The maximum Gasteiger partial charge on any atom is 0.309 e. The van der Waals surface area contributed by atoms with E-state index in [1.165, 1.54) is 6.08 Å². The standard InChI is InChI=1S/C27H27N3O4/c1-18(2)34-27(33)21-13-15-30(16-14-21)26(32)20-9-7-19(8-10-20)25(31)12-11-22-17-28-23-5-3-4-6-24(23)29-22/h3-12,17-18,21H,13-16H2,1-2H3. The third-order valence-corrected chi connectivity index (χ3v) is 5.76. The van der Waals surface area contributed by atoms with E-state index in [0.717, 1.165) is 11.0 Å². The van der Waals surface area contributed by atoms with Crippen LogP contribution in [0.25, 0.3) is 17.1 Å². The first-order valence-corrected chi connectivity index (χ1v) is 11.4. The van der Waals surface area contributed by atoms with E-state index in [9.17, 15) is 14.4 Å². The Bertz CT molecular complexity index is 1230. The number of fused-ring (bicyclic) bond motifs is 1. The lowest BCUT2D eigenvalue weighted by atomic mass is 9.96. The van der Waals surface area contributed by atoms with Crippen molar-refractivity contribution in [2.75, 3.05) is 13.1 Å². The van der Waals surface area contributed by atoms with Crippen LogP contribution in [0.5, 0.6) is 0 Å². The van der Waals surface area contributed by atoms with Gasteiger partial charge in [0.25, 0.3) is 5.91 Å². The number of ether oxygens (including phenoxy) is 1. The number of benzene rings is 2. The third-order valence-electron chi connectivity index (χ3n) is 5.76. The Hall–Kier alpha value is -3.87. The Labute approximate surface area is 198 Å². The Morgan fingerprint density at radius 3 is 2.29 bits per heavy atom. The van der Waals surface area contributed by atoms with Crippen LogP contribution in [0.15, 0.2) is 60.8 Å². The summed E-state index contributed by atoms with van der Waals surface area (Å²) in [5.74, 6) is -0.631. The summed E-state index contributed by atoms with van der Waals surface area (Å²) in [6.07, 6.45) is 5.77. The number of carbonyl (C=O) groups excluding carboxylic acids is 3. The van der Waals surface area contributed by atoms with Crippen molar-refractivity contribution in [2.24, 2.45) is 5.92 Å². The summed E-state index contributed by atoms with van der Waals surface area (Å²) < 4.78 is 5.29. The van der Waals surface area contributed by atoms with Crippen LogP contribution in [0.3, 0.4) is 0 Å². The molecule has 2 heterocycles. The molecule has 1 aromatic heterocycles. The molecule has 0 unspecified atom stereocenters. The van der Waals surface area contributed by atoms with Gasteiger partial charge in [-0.05, 0) is 63.1 Å². The lowest BCUT2D eigenvalue weighted by Crippen LogP contribution is -2.41. The zero-order valence-electron chi connectivity index (χ0n) is 19.3. The summed E-state index contributed by atoms with van der Waals surface area (Å²) in [6, 6.07) is 14.2. The molecular weight excluding hydrogens is 430 g/mol. The van der Waals surface area contributed by atoms with Crippen LogP contribution >= 0.6 is 0 Å². The summed E-state index contributed by atoms with van der Waals surface area (Å²) in [7, 11) is 0. The van der Waals surface area contributed by atoms with Gasteiger partial charge in [-0.1, -0.05) is 24.3 Å².